The molecule has 10 heteroatoms. The lowest BCUT2D eigenvalue weighted by molar-refractivity contribution is -0.130. The number of halogens is 1. The number of carbonyl (C=O) groups excluding carboxylic acids is 1. The maximum absolute atomic E-state index is 13.9. The number of anilines is 1. The van der Waals surface area contributed by atoms with Crippen LogP contribution in [0.3, 0.4) is 0 Å². The molecule has 2 aromatic carbocycles. The van der Waals surface area contributed by atoms with E-state index in [1.807, 2.05) is 0 Å². The van der Waals surface area contributed by atoms with Crippen LogP contribution in [0.1, 0.15) is 6.42 Å². The Kier molecular flexibility index (Phi) is 5.69. The van der Waals surface area contributed by atoms with Crippen molar-refractivity contribution >= 4 is 32.5 Å². The first-order valence-corrected chi connectivity index (χ1v) is 11.2. The lowest BCUT2D eigenvalue weighted by Crippen LogP contribution is -2.30. The first-order chi connectivity index (χ1) is 14.7. The zero-order valence-electron chi connectivity index (χ0n) is 16.5. The number of nitrogens with zero attached hydrogens (tertiary/aromatic N) is 2. The van der Waals surface area contributed by atoms with E-state index in [-0.39, 0.29) is 42.5 Å². The molecule has 164 valence electrons. The third kappa shape index (κ3) is 4.41. The lowest BCUT2D eigenvalue weighted by atomic mass is 10.2. The summed E-state index contributed by atoms with van der Waals surface area (Å²) in [6.07, 6.45) is -0.357. The molecule has 0 unspecified atom stereocenters. The van der Waals surface area contributed by atoms with Gasteiger partial charge in [0.1, 0.15) is 5.82 Å². The van der Waals surface area contributed by atoms with Crippen molar-refractivity contribution in [2.45, 2.75) is 30.1 Å². The molecule has 1 aromatic heterocycles. The van der Waals surface area contributed by atoms with Crippen molar-refractivity contribution in [2.75, 3.05) is 17.8 Å². The second-order valence-corrected chi connectivity index (χ2v) is 9.18. The minimum Gasteiger partial charge on any atom is -0.388 e. The fourth-order valence-electron chi connectivity index (χ4n) is 3.68. The molecule has 0 spiro atoms. The number of aryl methyl sites for hydroxylation is 1. The summed E-state index contributed by atoms with van der Waals surface area (Å²) in [5.41, 5.74) is 0.721. The summed E-state index contributed by atoms with van der Waals surface area (Å²) in [6, 6.07) is 11.9. The molecule has 0 radical (unpaired) electrons. The lowest BCUT2D eigenvalue weighted by Gasteiger charge is -2.15. The fourth-order valence-corrected chi connectivity index (χ4v) is 4.77. The minimum atomic E-state index is -3.85. The Morgan fingerprint density at radius 3 is 2.45 bits per heavy atom. The van der Waals surface area contributed by atoms with Crippen LogP contribution in [0.25, 0.3) is 10.9 Å². The van der Waals surface area contributed by atoms with E-state index in [2.05, 4.69) is 4.72 Å². The fraction of sp³-hybridized carbons (Fsp3) is 0.286. The number of hydrogen-bond acceptors (Lipinski definition) is 5. The Morgan fingerprint density at radius 1 is 1.10 bits per heavy atom. The average molecular weight is 447 g/mol. The second-order valence-electron chi connectivity index (χ2n) is 7.50. The number of amides is 1. The summed E-state index contributed by atoms with van der Waals surface area (Å²) in [5.74, 6) is -0.748. The highest BCUT2D eigenvalue weighted by atomic mass is 32.2. The SMILES string of the molecule is O=C(CCn1cc(NS(=O)(=O)c2ccccc2)c2ccc(F)cc21)N1C[C@@H](O)[C@H](O)C1. The zero-order chi connectivity index (χ0) is 22.2. The van der Waals surface area contributed by atoms with E-state index in [4.69, 9.17) is 0 Å². The van der Waals surface area contributed by atoms with Gasteiger partial charge in [-0.2, -0.15) is 0 Å². The van der Waals surface area contributed by atoms with Crippen molar-refractivity contribution in [2.24, 2.45) is 0 Å². The molecule has 3 N–H and O–H groups in total. The number of carbonyl (C=O) groups is 1. The highest BCUT2D eigenvalue weighted by Gasteiger charge is 2.32. The van der Waals surface area contributed by atoms with E-state index >= 15 is 0 Å². The van der Waals surface area contributed by atoms with Crippen LogP contribution >= 0.6 is 0 Å². The molecule has 1 fully saturated rings. The summed E-state index contributed by atoms with van der Waals surface area (Å²) >= 11 is 0. The van der Waals surface area contributed by atoms with Gasteiger partial charge in [-0.1, -0.05) is 18.2 Å². The number of aromatic nitrogens is 1. The molecule has 2 atom stereocenters. The van der Waals surface area contributed by atoms with Gasteiger partial charge in [0.2, 0.25) is 5.91 Å². The molecule has 0 saturated carbocycles. The molecule has 31 heavy (non-hydrogen) atoms. The van der Waals surface area contributed by atoms with E-state index in [9.17, 15) is 27.8 Å². The van der Waals surface area contributed by atoms with Crippen LogP contribution in [-0.4, -0.2) is 59.3 Å². The summed E-state index contributed by atoms with van der Waals surface area (Å²) in [6.45, 7) is 0.293. The Balaban J connectivity index is 1.58. The molecule has 2 heterocycles. The first-order valence-electron chi connectivity index (χ1n) is 9.75. The van der Waals surface area contributed by atoms with Crippen LogP contribution in [0, 0.1) is 5.82 Å². The highest BCUT2D eigenvalue weighted by Crippen LogP contribution is 2.29. The van der Waals surface area contributed by atoms with Crippen LogP contribution in [0.4, 0.5) is 10.1 Å². The number of aliphatic hydroxyl groups is 2. The average Bonchev–Trinajstić information content (AvgIpc) is 3.25. The molecule has 0 bridgehead atoms. The third-order valence-corrected chi connectivity index (χ3v) is 6.70. The number of sulfonamides is 1. The van der Waals surface area contributed by atoms with Crippen molar-refractivity contribution in [3.8, 4) is 0 Å². The molecular formula is C21H22FN3O5S. The Bertz CT molecular complexity index is 1200. The smallest absolute Gasteiger partial charge is 0.261 e. The van der Waals surface area contributed by atoms with Gasteiger partial charge in [-0.05, 0) is 30.3 Å². The summed E-state index contributed by atoms with van der Waals surface area (Å²) in [5, 5.41) is 19.7. The maximum atomic E-state index is 13.9. The first kappa shape index (κ1) is 21.3. The van der Waals surface area contributed by atoms with E-state index in [1.54, 1.807) is 22.8 Å². The molecule has 1 amide bonds. The molecule has 3 aromatic rings. The topological polar surface area (TPSA) is 112 Å². The van der Waals surface area contributed by atoms with Crippen LogP contribution in [0.15, 0.2) is 59.6 Å². The summed E-state index contributed by atoms with van der Waals surface area (Å²) in [4.78, 5) is 13.9. The maximum Gasteiger partial charge on any atom is 0.261 e. The molecule has 1 aliphatic heterocycles. The summed E-state index contributed by atoms with van der Waals surface area (Å²) < 4.78 is 43.5. The predicted molar refractivity (Wildman–Crippen MR) is 112 cm³/mol. The molecular weight excluding hydrogens is 425 g/mol. The van der Waals surface area contributed by atoms with Gasteiger partial charge in [-0.15, -0.1) is 0 Å². The van der Waals surface area contributed by atoms with Gasteiger partial charge in [-0.3, -0.25) is 9.52 Å². The van der Waals surface area contributed by atoms with E-state index in [1.165, 1.54) is 41.4 Å². The molecule has 4 rings (SSSR count). The van der Waals surface area contributed by atoms with Crippen molar-refractivity contribution in [1.82, 2.24) is 9.47 Å². The van der Waals surface area contributed by atoms with E-state index in [0.29, 0.717) is 10.9 Å². The number of rotatable bonds is 6. The van der Waals surface area contributed by atoms with E-state index < -0.39 is 28.0 Å². The molecule has 1 aliphatic rings. The van der Waals surface area contributed by atoms with Gasteiger partial charge < -0.3 is 19.7 Å². The number of benzene rings is 2. The van der Waals surface area contributed by atoms with Gasteiger partial charge in [0, 0.05) is 37.6 Å². The Labute approximate surface area is 178 Å². The number of aliphatic hydroxyl groups excluding tert-OH is 2. The standard InChI is InChI=1S/C21H22FN3O5S/c22-14-6-7-16-17(23-31(29,30)15-4-2-1-3-5-15)11-24(18(16)10-14)9-8-21(28)25-12-19(26)20(27)13-25/h1-7,10-11,19-20,23,26-27H,8-9,12-13H2/t19-,20-/m1/s1. The molecule has 0 aliphatic carbocycles. The second kappa shape index (κ2) is 8.29. The van der Waals surface area contributed by atoms with Crippen molar-refractivity contribution < 1.29 is 27.8 Å². The van der Waals surface area contributed by atoms with Crippen molar-refractivity contribution in [3.63, 3.8) is 0 Å². The van der Waals surface area contributed by atoms with Gasteiger partial charge in [0.05, 0.1) is 28.3 Å². The monoisotopic (exact) mass is 447 g/mol. The number of likely N-dealkylation sites (tertiary alicyclic amines) is 1. The van der Waals surface area contributed by atoms with E-state index in [0.717, 1.165) is 0 Å². The zero-order valence-corrected chi connectivity index (χ0v) is 17.3. The third-order valence-electron chi connectivity index (χ3n) is 5.32. The van der Waals surface area contributed by atoms with Crippen molar-refractivity contribution in [1.29, 1.82) is 0 Å². The van der Waals surface area contributed by atoms with Crippen molar-refractivity contribution in [3.05, 3.63) is 60.5 Å². The highest BCUT2D eigenvalue weighted by molar-refractivity contribution is 7.92. The molecule has 1 saturated heterocycles. The van der Waals surface area contributed by atoms with Gasteiger partial charge in [-0.25, -0.2) is 12.8 Å². The summed E-state index contributed by atoms with van der Waals surface area (Å²) in [7, 11) is -3.85. The van der Waals surface area contributed by atoms with Crippen LogP contribution in [0.2, 0.25) is 0 Å². The number of nitrogens with one attached hydrogen (secondary N) is 1. The quantitative estimate of drug-likeness (QED) is 0.531. The van der Waals surface area contributed by atoms with Gasteiger partial charge >= 0.3 is 0 Å². The number of fused-ring (bicyclic) bond motifs is 1. The molecule has 8 nitrogen and oxygen atoms in total. The normalized spacial score (nSPS) is 19.1. The predicted octanol–water partition coefficient (Wildman–Crippen LogP) is 1.54. The number of β-amino-alcohol motifs (C(OH)–C–C–N with tert-alkyl or cyclic N) is 2. The van der Waals surface area contributed by atoms with Gasteiger partial charge in [0.25, 0.3) is 10.0 Å². The Hall–Kier alpha value is -2.95. The minimum absolute atomic E-state index is 0.0462. The Morgan fingerprint density at radius 2 is 1.77 bits per heavy atom. The number of hydrogen-bond donors (Lipinski definition) is 3. The van der Waals surface area contributed by atoms with Crippen LogP contribution in [0.5, 0.6) is 0 Å². The van der Waals surface area contributed by atoms with Crippen LogP contribution < -0.4 is 4.72 Å². The largest absolute Gasteiger partial charge is 0.388 e. The van der Waals surface area contributed by atoms with Crippen LogP contribution in [-0.2, 0) is 21.4 Å². The van der Waals surface area contributed by atoms with Gasteiger partial charge in [0.15, 0.2) is 0 Å².